The maximum Gasteiger partial charge on any atom is 0.165 e. The first-order valence-electron chi connectivity index (χ1n) is 6.69. The molecule has 98 valence electrons. The van der Waals surface area contributed by atoms with Crippen molar-refractivity contribution < 1.29 is 9.53 Å². The molecular weight excluding hydrogens is 226 g/mol. The molecule has 18 heavy (non-hydrogen) atoms. The summed E-state index contributed by atoms with van der Waals surface area (Å²) in [6, 6.07) is 8.24. The molecule has 2 rings (SSSR count). The van der Waals surface area contributed by atoms with Gasteiger partial charge in [0.15, 0.2) is 5.78 Å². The summed E-state index contributed by atoms with van der Waals surface area (Å²) in [6.45, 7) is 2.63. The number of carbonyl (C=O) groups is 1. The van der Waals surface area contributed by atoms with E-state index in [4.69, 9.17) is 10.5 Å². The average molecular weight is 247 g/mol. The van der Waals surface area contributed by atoms with Crippen molar-refractivity contribution >= 4 is 5.78 Å². The fraction of sp³-hybridized carbons (Fsp3) is 0.533. The Morgan fingerprint density at radius 1 is 1.28 bits per heavy atom. The Labute approximate surface area is 108 Å². The van der Waals surface area contributed by atoms with Crippen LogP contribution in [0.15, 0.2) is 24.3 Å². The van der Waals surface area contributed by atoms with Crippen LogP contribution in [0.1, 0.15) is 30.9 Å². The number of carbonyl (C=O) groups excluding carboxylic acids is 1. The molecule has 0 aromatic heterocycles. The zero-order chi connectivity index (χ0) is 13.0. The van der Waals surface area contributed by atoms with Crippen LogP contribution in [0.4, 0.5) is 0 Å². The van der Waals surface area contributed by atoms with Crippen molar-refractivity contribution in [2.45, 2.75) is 44.8 Å². The topological polar surface area (TPSA) is 52.3 Å². The van der Waals surface area contributed by atoms with E-state index in [1.165, 1.54) is 5.56 Å². The van der Waals surface area contributed by atoms with Crippen LogP contribution in [0.25, 0.3) is 0 Å². The summed E-state index contributed by atoms with van der Waals surface area (Å²) in [5.74, 6) is 0.176. The summed E-state index contributed by atoms with van der Waals surface area (Å²) in [4.78, 5) is 12.1. The molecule has 0 spiro atoms. The van der Waals surface area contributed by atoms with Crippen LogP contribution < -0.4 is 5.73 Å². The van der Waals surface area contributed by atoms with E-state index >= 15 is 0 Å². The number of ketones is 1. The summed E-state index contributed by atoms with van der Waals surface area (Å²) < 4.78 is 5.61. The lowest BCUT2D eigenvalue weighted by Crippen LogP contribution is -2.26. The summed E-state index contributed by atoms with van der Waals surface area (Å²) in [7, 11) is 0. The molecule has 0 amide bonds. The second-order valence-electron chi connectivity index (χ2n) is 4.87. The molecular formula is C15H21NO2. The number of hydrogen-bond acceptors (Lipinski definition) is 3. The number of ether oxygens (including phenoxy) is 1. The summed E-state index contributed by atoms with van der Waals surface area (Å²) in [6.07, 6.45) is 3.03. The van der Waals surface area contributed by atoms with E-state index in [1.54, 1.807) is 0 Å². The lowest BCUT2D eigenvalue weighted by Gasteiger charge is -2.11. The first-order chi connectivity index (χ1) is 8.72. The van der Waals surface area contributed by atoms with Crippen molar-refractivity contribution in [1.82, 2.24) is 0 Å². The first kappa shape index (κ1) is 13.2. The highest BCUT2D eigenvalue weighted by Gasteiger charge is 2.29. The number of aryl methyl sites for hydroxylation is 1. The Morgan fingerprint density at radius 2 is 1.94 bits per heavy atom. The fourth-order valence-corrected chi connectivity index (χ4v) is 2.32. The van der Waals surface area contributed by atoms with Gasteiger partial charge in [-0.3, -0.25) is 4.79 Å². The van der Waals surface area contributed by atoms with Gasteiger partial charge in [-0.15, -0.1) is 0 Å². The molecule has 1 aromatic carbocycles. The summed E-state index contributed by atoms with van der Waals surface area (Å²) in [5, 5.41) is 0. The van der Waals surface area contributed by atoms with Gasteiger partial charge in [0.2, 0.25) is 0 Å². The van der Waals surface area contributed by atoms with Gasteiger partial charge in [0.25, 0.3) is 0 Å². The largest absolute Gasteiger partial charge is 0.366 e. The number of rotatable bonds is 5. The SMILES string of the molecule is CCc1ccc(CC(=O)C2CCC(CN)O2)cc1. The Kier molecular flexibility index (Phi) is 4.50. The van der Waals surface area contributed by atoms with Gasteiger partial charge in [0.05, 0.1) is 6.10 Å². The average Bonchev–Trinajstić information content (AvgIpc) is 2.88. The van der Waals surface area contributed by atoms with Gasteiger partial charge < -0.3 is 10.5 Å². The van der Waals surface area contributed by atoms with Crippen LogP contribution in [0, 0.1) is 0 Å². The molecule has 1 aliphatic heterocycles. The van der Waals surface area contributed by atoms with Gasteiger partial charge in [-0.2, -0.15) is 0 Å². The van der Waals surface area contributed by atoms with Crippen LogP contribution in [0.3, 0.4) is 0 Å². The van der Waals surface area contributed by atoms with Crippen LogP contribution in [0.2, 0.25) is 0 Å². The maximum atomic E-state index is 12.1. The van der Waals surface area contributed by atoms with E-state index in [0.717, 1.165) is 24.8 Å². The third-order valence-corrected chi connectivity index (χ3v) is 3.54. The van der Waals surface area contributed by atoms with Crippen LogP contribution in [-0.2, 0) is 22.4 Å². The zero-order valence-corrected chi connectivity index (χ0v) is 10.9. The Bertz CT molecular complexity index is 399. The predicted octanol–water partition coefficient (Wildman–Crippen LogP) is 1.87. The maximum absolute atomic E-state index is 12.1. The fourth-order valence-electron chi connectivity index (χ4n) is 2.32. The lowest BCUT2D eigenvalue weighted by molar-refractivity contribution is -0.128. The standard InChI is InChI=1S/C15H21NO2/c1-2-11-3-5-12(6-4-11)9-14(17)15-8-7-13(10-16)18-15/h3-6,13,15H,2,7-10,16H2,1H3. The van der Waals surface area contributed by atoms with Crippen molar-refractivity contribution in [1.29, 1.82) is 0 Å². The van der Waals surface area contributed by atoms with Crippen LogP contribution >= 0.6 is 0 Å². The third kappa shape index (κ3) is 3.18. The number of hydrogen-bond donors (Lipinski definition) is 1. The van der Waals surface area contributed by atoms with E-state index in [2.05, 4.69) is 19.1 Å². The highest BCUT2D eigenvalue weighted by molar-refractivity contribution is 5.85. The highest BCUT2D eigenvalue weighted by atomic mass is 16.5. The molecule has 1 heterocycles. The van der Waals surface area contributed by atoms with E-state index in [0.29, 0.717) is 13.0 Å². The molecule has 2 N–H and O–H groups in total. The number of Topliss-reactive ketones (excluding diaryl/α,β-unsaturated/α-hetero) is 1. The quantitative estimate of drug-likeness (QED) is 0.864. The third-order valence-electron chi connectivity index (χ3n) is 3.54. The van der Waals surface area contributed by atoms with Crippen molar-refractivity contribution in [2.24, 2.45) is 5.73 Å². The molecule has 2 atom stereocenters. The molecule has 0 bridgehead atoms. The van der Waals surface area contributed by atoms with Crippen molar-refractivity contribution in [3.8, 4) is 0 Å². The molecule has 0 radical (unpaired) electrons. The van der Waals surface area contributed by atoms with Gasteiger partial charge in [-0.1, -0.05) is 31.2 Å². The van der Waals surface area contributed by atoms with Gasteiger partial charge in [0.1, 0.15) is 6.10 Å². The second-order valence-corrected chi connectivity index (χ2v) is 4.87. The predicted molar refractivity (Wildman–Crippen MR) is 71.5 cm³/mol. The van der Waals surface area contributed by atoms with E-state index < -0.39 is 0 Å². The molecule has 1 fully saturated rings. The lowest BCUT2D eigenvalue weighted by atomic mass is 10.0. The zero-order valence-electron chi connectivity index (χ0n) is 10.9. The van der Waals surface area contributed by atoms with Crippen molar-refractivity contribution in [2.75, 3.05) is 6.54 Å². The number of benzene rings is 1. The Hall–Kier alpha value is -1.19. The van der Waals surface area contributed by atoms with E-state index in [-0.39, 0.29) is 18.0 Å². The van der Waals surface area contributed by atoms with Crippen molar-refractivity contribution in [3.05, 3.63) is 35.4 Å². The molecule has 1 aliphatic rings. The monoisotopic (exact) mass is 247 g/mol. The molecule has 3 nitrogen and oxygen atoms in total. The molecule has 3 heteroatoms. The van der Waals surface area contributed by atoms with Gasteiger partial charge in [-0.05, 0) is 30.4 Å². The van der Waals surface area contributed by atoms with Crippen molar-refractivity contribution in [3.63, 3.8) is 0 Å². The van der Waals surface area contributed by atoms with Crippen LogP contribution in [-0.4, -0.2) is 24.5 Å². The van der Waals surface area contributed by atoms with Gasteiger partial charge in [-0.25, -0.2) is 0 Å². The summed E-state index contributed by atoms with van der Waals surface area (Å²) in [5.41, 5.74) is 7.91. The Morgan fingerprint density at radius 3 is 2.50 bits per heavy atom. The normalized spacial score (nSPS) is 23.2. The minimum atomic E-state index is -0.246. The van der Waals surface area contributed by atoms with Gasteiger partial charge >= 0.3 is 0 Å². The number of nitrogens with two attached hydrogens (primary N) is 1. The molecule has 1 aromatic rings. The van der Waals surface area contributed by atoms with E-state index in [1.807, 2.05) is 12.1 Å². The Balaban J connectivity index is 1.90. The van der Waals surface area contributed by atoms with Gasteiger partial charge in [0, 0.05) is 13.0 Å². The molecule has 0 saturated carbocycles. The van der Waals surface area contributed by atoms with Crippen LogP contribution in [0.5, 0.6) is 0 Å². The smallest absolute Gasteiger partial charge is 0.165 e. The van der Waals surface area contributed by atoms with E-state index in [9.17, 15) is 4.79 Å². The molecule has 2 unspecified atom stereocenters. The molecule has 0 aliphatic carbocycles. The minimum absolute atomic E-state index is 0.0708. The first-order valence-corrected chi connectivity index (χ1v) is 6.69. The minimum Gasteiger partial charge on any atom is -0.366 e. The highest BCUT2D eigenvalue weighted by Crippen LogP contribution is 2.21. The summed E-state index contributed by atoms with van der Waals surface area (Å²) >= 11 is 0. The molecule has 1 saturated heterocycles. The second kappa shape index (κ2) is 6.12.